The van der Waals surface area contributed by atoms with Gasteiger partial charge in [-0.1, -0.05) is 17.7 Å². The molecule has 1 fully saturated rings. The number of nitrogens with zero attached hydrogens (tertiary/aromatic N) is 1. The molecule has 136 valence electrons. The summed E-state index contributed by atoms with van der Waals surface area (Å²) in [6, 6.07) is 6.53. The molecule has 8 heteroatoms. The molecule has 2 aromatic rings. The highest BCUT2D eigenvalue weighted by molar-refractivity contribution is 7.90. The minimum atomic E-state index is -3.99. The number of carbonyl (C=O) groups is 1. The minimum absolute atomic E-state index is 0.0109. The van der Waals surface area contributed by atoms with E-state index in [1.807, 2.05) is 13.0 Å². The van der Waals surface area contributed by atoms with E-state index in [0.29, 0.717) is 18.6 Å². The molecule has 1 amide bonds. The van der Waals surface area contributed by atoms with Crippen LogP contribution in [0.4, 0.5) is 0 Å². The van der Waals surface area contributed by atoms with Gasteiger partial charge in [-0.15, -0.1) is 0 Å². The number of ether oxygens (including phenoxy) is 1. The number of amides is 1. The number of aromatic nitrogens is 1. The van der Waals surface area contributed by atoms with Gasteiger partial charge >= 0.3 is 0 Å². The second-order valence-electron chi connectivity index (χ2n) is 6.73. The molecule has 0 spiro atoms. The van der Waals surface area contributed by atoms with Gasteiger partial charge in [0.15, 0.2) is 0 Å². The quantitative estimate of drug-likeness (QED) is 0.864. The van der Waals surface area contributed by atoms with E-state index in [0.717, 1.165) is 11.1 Å². The van der Waals surface area contributed by atoms with Crippen molar-refractivity contribution in [3.8, 4) is 5.75 Å². The number of carbonyl (C=O) groups excluding carboxylic acids is 1. The molecular formula is C18H17ClN2O4S. The Morgan fingerprint density at radius 1 is 1.38 bits per heavy atom. The first-order chi connectivity index (χ1) is 12.3. The number of hydrogen-bond acceptors (Lipinski definition) is 5. The molecule has 0 saturated heterocycles. The number of pyridine rings is 1. The fraction of sp³-hybridized carbons (Fsp3) is 0.333. The van der Waals surface area contributed by atoms with Crippen molar-refractivity contribution >= 4 is 27.5 Å². The van der Waals surface area contributed by atoms with E-state index in [1.165, 1.54) is 12.1 Å². The van der Waals surface area contributed by atoms with Crippen LogP contribution in [0.1, 0.15) is 30.4 Å². The van der Waals surface area contributed by atoms with Crippen LogP contribution in [0.5, 0.6) is 5.75 Å². The van der Waals surface area contributed by atoms with Gasteiger partial charge in [0.1, 0.15) is 11.9 Å². The lowest BCUT2D eigenvalue weighted by molar-refractivity contribution is -0.120. The SMILES string of the molecule is C[C@@H]1Cc2cc(S(=O)(=O)NC(=O)[C@@H]3C[C@H]3c3cccnc3)cc(Cl)c2O1. The first-order valence-electron chi connectivity index (χ1n) is 8.31. The van der Waals surface area contributed by atoms with Crippen molar-refractivity contribution in [1.82, 2.24) is 9.71 Å². The summed E-state index contributed by atoms with van der Waals surface area (Å²) in [7, 11) is -3.99. The molecule has 2 aliphatic rings. The Bertz CT molecular complexity index is 978. The second-order valence-corrected chi connectivity index (χ2v) is 8.82. The molecule has 1 saturated carbocycles. The number of sulfonamides is 1. The van der Waals surface area contributed by atoms with Crippen molar-refractivity contribution in [3.63, 3.8) is 0 Å². The lowest BCUT2D eigenvalue weighted by atomic mass is 10.1. The minimum Gasteiger partial charge on any atom is -0.489 e. The van der Waals surface area contributed by atoms with Crippen LogP contribution in [0.2, 0.25) is 5.02 Å². The molecule has 4 rings (SSSR count). The number of nitrogens with one attached hydrogen (secondary N) is 1. The maximum absolute atomic E-state index is 12.6. The Morgan fingerprint density at radius 3 is 2.92 bits per heavy atom. The molecule has 1 aromatic heterocycles. The van der Waals surface area contributed by atoms with Gasteiger partial charge in [0.2, 0.25) is 5.91 Å². The Kier molecular flexibility index (Phi) is 4.16. The van der Waals surface area contributed by atoms with Crippen molar-refractivity contribution in [3.05, 3.63) is 52.8 Å². The molecule has 1 aliphatic heterocycles. The summed E-state index contributed by atoms with van der Waals surface area (Å²) in [6.45, 7) is 1.89. The zero-order valence-corrected chi connectivity index (χ0v) is 15.5. The van der Waals surface area contributed by atoms with E-state index in [1.54, 1.807) is 18.5 Å². The van der Waals surface area contributed by atoms with Crippen LogP contribution >= 0.6 is 11.6 Å². The van der Waals surface area contributed by atoms with E-state index in [2.05, 4.69) is 9.71 Å². The summed E-state index contributed by atoms with van der Waals surface area (Å²) in [5.74, 6) is -0.331. The molecular weight excluding hydrogens is 376 g/mol. The fourth-order valence-corrected chi connectivity index (χ4v) is 4.78. The van der Waals surface area contributed by atoms with E-state index < -0.39 is 15.9 Å². The smallest absolute Gasteiger partial charge is 0.264 e. The van der Waals surface area contributed by atoms with Crippen LogP contribution in [0.3, 0.4) is 0 Å². The predicted molar refractivity (Wildman–Crippen MR) is 95.7 cm³/mol. The van der Waals surface area contributed by atoms with E-state index in [4.69, 9.17) is 16.3 Å². The van der Waals surface area contributed by atoms with Crippen LogP contribution in [0.15, 0.2) is 41.6 Å². The third kappa shape index (κ3) is 3.17. The molecule has 2 heterocycles. The predicted octanol–water partition coefficient (Wildman–Crippen LogP) is 2.67. The maximum Gasteiger partial charge on any atom is 0.264 e. The van der Waals surface area contributed by atoms with Gasteiger partial charge in [-0.3, -0.25) is 9.78 Å². The summed E-state index contributed by atoms with van der Waals surface area (Å²) in [5.41, 5.74) is 1.68. The van der Waals surface area contributed by atoms with E-state index >= 15 is 0 Å². The van der Waals surface area contributed by atoms with Gasteiger partial charge in [-0.2, -0.15) is 0 Å². The largest absolute Gasteiger partial charge is 0.489 e. The first kappa shape index (κ1) is 17.3. The number of rotatable bonds is 4. The highest BCUT2D eigenvalue weighted by Gasteiger charge is 2.45. The van der Waals surface area contributed by atoms with Crippen LogP contribution in [-0.4, -0.2) is 25.4 Å². The van der Waals surface area contributed by atoms with Crippen molar-refractivity contribution in [2.75, 3.05) is 0 Å². The van der Waals surface area contributed by atoms with Crippen molar-refractivity contribution < 1.29 is 17.9 Å². The van der Waals surface area contributed by atoms with Crippen LogP contribution < -0.4 is 9.46 Å². The van der Waals surface area contributed by atoms with Crippen LogP contribution in [-0.2, 0) is 21.2 Å². The number of fused-ring (bicyclic) bond motifs is 1. The molecule has 0 bridgehead atoms. The topological polar surface area (TPSA) is 85.4 Å². The fourth-order valence-electron chi connectivity index (χ4n) is 3.33. The molecule has 0 unspecified atom stereocenters. The maximum atomic E-state index is 12.6. The number of benzene rings is 1. The van der Waals surface area contributed by atoms with Crippen LogP contribution in [0.25, 0.3) is 0 Å². The van der Waals surface area contributed by atoms with Crippen molar-refractivity contribution in [2.24, 2.45) is 5.92 Å². The molecule has 1 aliphatic carbocycles. The average molecular weight is 393 g/mol. The summed E-state index contributed by atoms with van der Waals surface area (Å²) < 4.78 is 33.0. The van der Waals surface area contributed by atoms with Gasteiger partial charge in [0.25, 0.3) is 10.0 Å². The normalized spacial score (nSPS) is 23.8. The standard InChI is InChI=1S/C18H17ClN2O4S/c1-10-5-12-6-13(7-16(19)17(12)25-10)26(23,24)21-18(22)15-8-14(15)11-3-2-4-20-9-11/h2-4,6-7,9-10,14-15H,5,8H2,1H3,(H,21,22)/t10-,14+,15-/m1/s1. The van der Waals surface area contributed by atoms with E-state index in [-0.39, 0.29) is 27.9 Å². The zero-order valence-electron chi connectivity index (χ0n) is 14.0. The Hall–Kier alpha value is -2.12. The van der Waals surface area contributed by atoms with Crippen molar-refractivity contribution in [2.45, 2.75) is 36.7 Å². The molecule has 26 heavy (non-hydrogen) atoms. The van der Waals surface area contributed by atoms with Crippen LogP contribution in [0, 0.1) is 5.92 Å². The van der Waals surface area contributed by atoms with Gasteiger partial charge in [-0.25, -0.2) is 13.1 Å². The Balaban J connectivity index is 1.51. The molecule has 3 atom stereocenters. The molecule has 1 aromatic carbocycles. The summed E-state index contributed by atoms with van der Waals surface area (Å²) >= 11 is 6.15. The molecule has 6 nitrogen and oxygen atoms in total. The summed E-state index contributed by atoms with van der Waals surface area (Å²) in [5, 5.41) is 0.235. The Morgan fingerprint density at radius 2 is 2.19 bits per heavy atom. The zero-order chi connectivity index (χ0) is 18.5. The lowest BCUT2D eigenvalue weighted by Crippen LogP contribution is -2.32. The monoisotopic (exact) mass is 392 g/mol. The third-order valence-corrected chi connectivity index (χ3v) is 6.31. The van der Waals surface area contributed by atoms with Gasteiger partial charge in [-0.05, 0) is 43.0 Å². The lowest BCUT2D eigenvalue weighted by Gasteiger charge is -2.10. The van der Waals surface area contributed by atoms with E-state index in [9.17, 15) is 13.2 Å². The summed E-state index contributed by atoms with van der Waals surface area (Å²) in [6.07, 6.45) is 4.50. The van der Waals surface area contributed by atoms with Gasteiger partial charge < -0.3 is 4.74 Å². The number of halogens is 1. The highest BCUT2D eigenvalue weighted by Crippen LogP contribution is 2.47. The summed E-state index contributed by atoms with van der Waals surface area (Å²) in [4.78, 5) is 16.4. The van der Waals surface area contributed by atoms with Gasteiger partial charge in [0.05, 0.1) is 9.92 Å². The van der Waals surface area contributed by atoms with Crippen molar-refractivity contribution in [1.29, 1.82) is 0 Å². The molecule has 0 radical (unpaired) electrons. The third-order valence-electron chi connectivity index (χ3n) is 4.71. The number of hydrogen-bond donors (Lipinski definition) is 1. The Labute approximate surface area is 156 Å². The second kappa shape index (κ2) is 6.25. The first-order valence-corrected chi connectivity index (χ1v) is 10.2. The molecule has 1 N–H and O–H groups in total. The van der Waals surface area contributed by atoms with Gasteiger partial charge in [0, 0.05) is 30.3 Å². The average Bonchev–Trinajstić information content (AvgIpc) is 3.31. The highest BCUT2D eigenvalue weighted by atomic mass is 35.5.